The van der Waals surface area contributed by atoms with E-state index < -0.39 is 0 Å². The van der Waals surface area contributed by atoms with Gasteiger partial charge >= 0.3 is 0 Å². The predicted octanol–water partition coefficient (Wildman–Crippen LogP) is 3.86. The maximum Gasteiger partial charge on any atom is 0.148 e. The number of piperazine rings is 1. The zero-order valence-corrected chi connectivity index (χ0v) is 15.1. The van der Waals surface area contributed by atoms with Crippen LogP contribution in [0.15, 0.2) is 36.4 Å². The van der Waals surface area contributed by atoms with Crippen molar-refractivity contribution >= 4 is 27.2 Å². The summed E-state index contributed by atoms with van der Waals surface area (Å²) in [5, 5.41) is 0.896. The summed E-state index contributed by atoms with van der Waals surface area (Å²) in [6.45, 7) is 3.61. The second-order valence-electron chi connectivity index (χ2n) is 6.31. The van der Waals surface area contributed by atoms with E-state index in [9.17, 15) is 4.39 Å². The largest absolute Gasteiger partial charge is 0.497 e. The number of nitrogens with zero attached hydrogens (tertiary/aromatic N) is 3. The molecule has 25 heavy (non-hydrogen) atoms. The first-order valence-corrected chi connectivity index (χ1v) is 9.14. The standard InChI is InChI=1S/C19H20FN3OS/c1-22-7-9-23(10-8-22)17-12-18-16(11-15(17)20)21-19(25-18)13-3-5-14(24-2)6-4-13/h3-6,11-12H,7-10H2,1-2H3. The minimum atomic E-state index is -0.191. The van der Waals surface area contributed by atoms with E-state index in [1.807, 2.05) is 30.3 Å². The Labute approximate surface area is 150 Å². The second kappa shape index (κ2) is 6.61. The molecular formula is C19H20FN3OS. The number of likely N-dealkylation sites (N-methyl/N-ethyl adjacent to an activating group) is 1. The fourth-order valence-electron chi connectivity index (χ4n) is 3.08. The highest BCUT2D eigenvalue weighted by Gasteiger charge is 2.19. The van der Waals surface area contributed by atoms with Crippen LogP contribution in [0.1, 0.15) is 0 Å². The van der Waals surface area contributed by atoms with Crippen molar-refractivity contribution in [3.63, 3.8) is 0 Å². The molecular weight excluding hydrogens is 337 g/mol. The number of hydrogen-bond acceptors (Lipinski definition) is 5. The molecule has 0 bridgehead atoms. The average molecular weight is 357 g/mol. The van der Waals surface area contributed by atoms with Crippen LogP contribution in [0.3, 0.4) is 0 Å². The summed E-state index contributed by atoms with van der Waals surface area (Å²) < 4.78 is 20.8. The number of methoxy groups -OCH3 is 1. The van der Waals surface area contributed by atoms with Gasteiger partial charge in [-0.2, -0.15) is 0 Å². The molecule has 0 spiro atoms. The third-order valence-corrected chi connectivity index (χ3v) is 5.71. The van der Waals surface area contributed by atoms with Crippen LogP contribution in [0.25, 0.3) is 20.8 Å². The van der Waals surface area contributed by atoms with E-state index >= 15 is 0 Å². The minimum Gasteiger partial charge on any atom is -0.497 e. The van der Waals surface area contributed by atoms with Crippen molar-refractivity contribution in [2.75, 3.05) is 45.2 Å². The van der Waals surface area contributed by atoms with Crippen molar-refractivity contribution in [1.29, 1.82) is 0 Å². The first-order valence-electron chi connectivity index (χ1n) is 8.32. The van der Waals surface area contributed by atoms with Gasteiger partial charge in [0.1, 0.15) is 16.6 Å². The number of halogens is 1. The molecule has 0 atom stereocenters. The van der Waals surface area contributed by atoms with E-state index in [0.29, 0.717) is 11.2 Å². The molecule has 1 saturated heterocycles. The molecule has 130 valence electrons. The fourth-order valence-corrected chi connectivity index (χ4v) is 4.07. The van der Waals surface area contributed by atoms with Crippen molar-refractivity contribution in [2.24, 2.45) is 0 Å². The van der Waals surface area contributed by atoms with Gasteiger partial charge in [-0.05, 0) is 37.4 Å². The monoisotopic (exact) mass is 357 g/mol. The van der Waals surface area contributed by atoms with Crippen molar-refractivity contribution < 1.29 is 9.13 Å². The van der Waals surface area contributed by atoms with Gasteiger partial charge in [0.2, 0.25) is 0 Å². The molecule has 0 radical (unpaired) electrons. The summed E-state index contributed by atoms with van der Waals surface area (Å²) >= 11 is 1.60. The highest BCUT2D eigenvalue weighted by atomic mass is 32.1. The number of anilines is 1. The number of thiazole rings is 1. The topological polar surface area (TPSA) is 28.6 Å². The third kappa shape index (κ3) is 3.19. The Morgan fingerprint density at radius 1 is 1.08 bits per heavy atom. The van der Waals surface area contributed by atoms with E-state index in [1.54, 1.807) is 24.5 Å². The third-order valence-electron chi connectivity index (χ3n) is 4.64. The molecule has 3 aromatic rings. The lowest BCUT2D eigenvalue weighted by Gasteiger charge is -2.34. The SMILES string of the molecule is COc1ccc(-c2nc3cc(F)c(N4CCN(C)CC4)cc3s2)cc1. The van der Waals surface area contributed by atoms with E-state index in [-0.39, 0.29) is 5.82 Å². The Balaban J connectivity index is 1.68. The van der Waals surface area contributed by atoms with Gasteiger partial charge in [0, 0.05) is 37.8 Å². The smallest absolute Gasteiger partial charge is 0.148 e. The molecule has 0 unspecified atom stereocenters. The minimum absolute atomic E-state index is 0.191. The van der Waals surface area contributed by atoms with Gasteiger partial charge in [-0.15, -0.1) is 11.3 Å². The molecule has 1 aliphatic rings. The van der Waals surface area contributed by atoms with Crippen LogP contribution in [0.2, 0.25) is 0 Å². The fraction of sp³-hybridized carbons (Fsp3) is 0.316. The quantitative estimate of drug-likeness (QED) is 0.712. The molecule has 0 N–H and O–H groups in total. The number of fused-ring (bicyclic) bond motifs is 1. The summed E-state index contributed by atoms with van der Waals surface area (Å²) in [4.78, 5) is 9.00. The maximum absolute atomic E-state index is 14.6. The molecule has 4 rings (SSSR count). The first-order chi connectivity index (χ1) is 12.1. The van der Waals surface area contributed by atoms with Crippen LogP contribution in [0.4, 0.5) is 10.1 Å². The Hall–Kier alpha value is -2.18. The van der Waals surface area contributed by atoms with E-state index in [4.69, 9.17) is 4.74 Å². The summed E-state index contributed by atoms with van der Waals surface area (Å²) in [6.07, 6.45) is 0. The number of aromatic nitrogens is 1. The van der Waals surface area contributed by atoms with Gasteiger partial charge in [0.05, 0.1) is 23.0 Å². The second-order valence-corrected chi connectivity index (χ2v) is 7.34. The number of hydrogen-bond donors (Lipinski definition) is 0. The molecule has 1 aliphatic heterocycles. The predicted molar refractivity (Wildman–Crippen MR) is 101 cm³/mol. The Kier molecular flexibility index (Phi) is 4.31. The Morgan fingerprint density at radius 3 is 2.48 bits per heavy atom. The summed E-state index contributed by atoms with van der Waals surface area (Å²) in [7, 11) is 3.75. The van der Waals surface area contributed by atoms with Gasteiger partial charge in [-0.3, -0.25) is 0 Å². The van der Waals surface area contributed by atoms with Gasteiger partial charge in [0.25, 0.3) is 0 Å². The van der Waals surface area contributed by atoms with E-state index in [0.717, 1.165) is 47.2 Å². The number of benzene rings is 2. The molecule has 2 aromatic carbocycles. The zero-order valence-electron chi connectivity index (χ0n) is 14.3. The average Bonchev–Trinajstić information content (AvgIpc) is 3.04. The van der Waals surface area contributed by atoms with E-state index in [1.165, 1.54) is 0 Å². The van der Waals surface area contributed by atoms with Crippen molar-refractivity contribution in [2.45, 2.75) is 0 Å². The summed E-state index contributed by atoms with van der Waals surface area (Å²) in [6, 6.07) is 11.3. The normalized spacial score (nSPS) is 15.7. The number of ether oxygens (including phenoxy) is 1. The lowest BCUT2D eigenvalue weighted by atomic mass is 10.2. The zero-order chi connectivity index (χ0) is 17.4. The van der Waals surface area contributed by atoms with Gasteiger partial charge in [0.15, 0.2) is 0 Å². The lowest BCUT2D eigenvalue weighted by molar-refractivity contribution is 0.312. The molecule has 2 heterocycles. The highest BCUT2D eigenvalue weighted by molar-refractivity contribution is 7.21. The van der Waals surface area contributed by atoms with Crippen LogP contribution in [0.5, 0.6) is 5.75 Å². The molecule has 4 nitrogen and oxygen atoms in total. The Morgan fingerprint density at radius 2 is 1.80 bits per heavy atom. The van der Waals surface area contributed by atoms with Gasteiger partial charge < -0.3 is 14.5 Å². The molecule has 6 heteroatoms. The van der Waals surface area contributed by atoms with Crippen molar-refractivity contribution in [1.82, 2.24) is 9.88 Å². The summed E-state index contributed by atoms with van der Waals surface area (Å²) in [5.74, 6) is 0.622. The molecule has 0 aliphatic carbocycles. The van der Waals surface area contributed by atoms with Gasteiger partial charge in [-0.25, -0.2) is 9.37 Å². The Bertz CT molecular complexity index is 886. The van der Waals surface area contributed by atoms with Crippen LogP contribution in [0, 0.1) is 5.82 Å². The lowest BCUT2D eigenvalue weighted by Crippen LogP contribution is -2.44. The van der Waals surface area contributed by atoms with E-state index in [2.05, 4.69) is 21.8 Å². The van der Waals surface area contributed by atoms with Crippen LogP contribution >= 0.6 is 11.3 Å². The van der Waals surface area contributed by atoms with Crippen molar-refractivity contribution in [3.05, 3.63) is 42.2 Å². The van der Waals surface area contributed by atoms with Gasteiger partial charge in [-0.1, -0.05) is 0 Å². The molecule has 1 fully saturated rings. The van der Waals surface area contributed by atoms with Crippen LogP contribution < -0.4 is 9.64 Å². The van der Waals surface area contributed by atoms with Crippen LogP contribution in [-0.4, -0.2) is 50.2 Å². The molecule has 1 aromatic heterocycles. The molecule has 0 saturated carbocycles. The maximum atomic E-state index is 14.6. The number of rotatable bonds is 3. The first kappa shape index (κ1) is 16.3. The highest BCUT2D eigenvalue weighted by Crippen LogP contribution is 2.35. The van der Waals surface area contributed by atoms with Crippen LogP contribution in [-0.2, 0) is 0 Å². The van der Waals surface area contributed by atoms with Crippen molar-refractivity contribution in [3.8, 4) is 16.3 Å². The summed E-state index contributed by atoms with van der Waals surface area (Å²) in [5.41, 5.74) is 2.42. The molecule has 0 amide bonds.